The van der Waals surface area contributed by atoms with Gasteiger partial charge in [0.1, 0.15) is 0 Å². The summed E-state index contributed by atoms with van der Waals surface area (Å²) in [6.07, 6.45) is -2.06. The van der Waals surface area contributed by atoms with Crippen LogP contribution in [0.4, 0.5) is 13.2 Å². The van der Waals surface area contributed by atoms with E-state index in [1.54, 1.807) is 0 Å². The maximum absolute atomic E-state index is 12.6. The Labute approximate surface area is 114 Å². The third-order valence-electron chi connectivity index (χ3n) is 3.50. The Kier molecular flexibility index (Phi) is 4.32. The largest absolute Gasteiger partial charge is 0.416 e. The van der Waals surface area contributed by atoms with Crippen LogP contribution in [-0.2, 0) is 6.18 Å². The van der Waals surface area contributed by atoms with Gasteiger partial charge >= 0.3 is 6.18 Å². The average Bonchev–Trinajstić information content (AvgIpc) is 2.40. The van der Waals surface area contributed by atoms with Crippen LogP contribution < -0.4 is 5.32 Å². The van der Waals surface area contributed by atoms with E-state index in [0.717, 1.165) is 25.0 Å². The first-order valence-corrected chi connectivity index (χ1v) is 6.54. The third kappa shape index (κ3) is 3.50. The van der Waals surface area contributed by atoms with Crippen molar-refractivity contribution in [1.82, 2.24) is 5.32 Å². The standard InChI is InChI=1S/C14H16F3NO2/c15-14(16,17)10-5-3-4-9(8-10)13(20)18-11-6-1-2-7-12(11)19/h3-5,8,11-12,19H,1-2,6-7H2,(H,18,20)/t11-,12-/m0/s1. The lowest BCUT2D eigenvalue weighted by molar-refractivity contribution is -0.137. The molecule has 110 valence electrons. The Morgan fingerprint density at radius 1 is 1.25 bits per heavy atom. The molecule has 0 radical (unpaired) electrons. The van der Waals surface area contributed by atoms with Crippen LogP contribution in [0.2, 0.25) is 0 Å². The minimum atomic E-state index is -4.47. The van der Waals surface area contributed by atoms with Crippen LogP contribution in [0.5, 0.6) is 0 Å². The molecule has 2 rings (SSSR count). The van der Waals surface area contributed by atoms with Gasteiger partial charge in [-0.05, 0) is 31.0 Å². The highest BCUT2D eigenvalue weighted by Gasteiger charge is 2.31. The zero-order valence-corrected chi connectivity index (χ0v) is 10.8. The van der Waals surface area contributed by atoms with Crippen molar-refractivity contribution in [2.45, 2.75) is 44.0 Å². The molecular formula is C14H16F3NO2. The van der Waals surface area contributed by atoms with Gasteiger partial charge in [0.2, 0.25) is 0 Å². The molecule has 0 aromatic heterocycles. The highest BCUT2D eigenvalue weighted by atomic mass is 19.4. The molecule has 0 heterocycles. The third-order valence-corrected chi connectivity index (χ3v) is 3.50. The molecule has 2 N–H and O–H groups in total. The van der Waals surface area contributed by atoms with Crippen LogP contribution in [0.25, 0.3) is 0 Å². The normalized spacial score (nSPS) is 23.4. The molecule has 1 fully saturated rings. The number of hydrogen-bond acceptors (Lipinski definition) is 2. The SMILES string of the molecule is O=C(N[C@H]1CCCC[C@@H]1O)c1cccc(C(F)(F)F)c1. The maximum Gasteiger partial charge on any atom is 0.416 e. The summed E-state index contributed by atoms with van der Waals surface area (Å²) in [7, 11) is 0. The summed E-state index contributed by atoms with van der Waals surface area (Å²) in [6.45, 7) is 0. The van der Waals surface area contributed by atoms with Gasteiger partial charge in [-0.1, -0.05) is 18.9 Å². The number of alkyl halides is 3. The molecule has 1 saturated carbocycles. The van der Waals surface area contributed by atoms with E-state index in [2.05, 4.69) is 5.32 Å². The van der Waals surface area contributed by atoms with Crippen molar-refractivity contribution in [3.63, 3.8) is 0 Å². The van der Waals surface area contributed by atoms with Crippen LogP contribution in [0.1, 0.15) is 41.6 Å². The number of rotatable bonds is 2. The fourth-order valence-electron chi connectivity index (χ4n) is 2.37. The number of carbonyl (C=O) groups excluding carboxylic acids is 1. The van der Waals surface area contributed by atoms with Gasteiger partial charge in [0.25, 0.3) is 5.91 Å². The van der Waals surface area contributed by atoms with Crippen molar-refractivity contribution >= 4 is 5.91 Å². The van der Waals surface area contributed by atoms with Gasteiger partial charge in [0, 0.05) is 5.56 Å². The number of amides is 1. The van der Waals surface area contributed by atoms with Crippen molar-refractivity contribution in [3.05, 3.63) is 35.4 Å². The van der Waals surface area contributed by atoms with E-state index in [0.29, 0.717) is 12.8 Å². The summed E-state index contributed by atoms with van der Waals surface area (Å²) in [5, 5.41) is 12.4. The molecule has 3 nitrogen and oxygen atoms in total. The van der Waals surface area contributed by atoms with Gasteiger partial charge in [-0.25, -0.2) is 0 Å². The van der Waals surface area contributed by atoms with Crippen LogP contribution in [-0.4, -0.2) is 23.2 Å². The Balaban J connectivity index is 2.09. The highest BCUT2D eigenvalue weighted by Crippen LogP contribution is 2.29. The fourth-order valence-corrected chi connectivity index (χ4v) is 2.37. The van der Waals surface area contributed by atoms with Crippen molar-refractivity contribution in [1.29, 1.82) is 0 Å². The van der Waals surface area contributed by atoms with Gasteiger partial charge in [0.15, 0.2) is 0 Å². The molecule has 0 saturated heterocycles. The van der Waals surface area contributed by atoms with Gasteiger partial charge < -0.3 is 10.4 Å². The summed E-state index contributed by atoms with van der Waals surface area (Å²) in [6, 6.07) is 3.90. The van der Waals surface area contributed by atoms with Crippen molar-refractivity contribution in [2.75, 3.05) is 0 Å². The Morgan fingerprint density at radius 2 is 1.95 bits per heavy atom. The van der Waals surface area contributed by atoms with Crippen molar-refractivity contribution < 1.29 is 23.1 Å². The predicted molar refractivity (Wildman–Crippen MR) is 67.2 cm³/mol. The number of benzene rings is 1. The zero-order valence-electron chi connectivity index (χ0n) is 10.8. The van der Waals surface area contributed by atoms with E-state index in [9.17, 15) is 23.1 Å². The molecule has 1 aliphatic carbocycles. The molecule has 0 bridgehead atoms. The average molecular weight is 287 g/mol. The first-order chi connectivity index (χ1) is 9.38. The van der Waals surface area contributed by atoms with E-state index in [-0.39, 0.29) is 11.6 Å². The molecule has 20 heavy (non-hydrogen) atoms. The summed E-state index contributed by atoms with van der Waals surface area (Å²) in [5.74, 6) is -0.581. The summed E-state index contributed by atoms with van der Waals surface area (Å²) >= 11 is 0. The van der Waals surface area contributed by atoms with E-state index in [1.807, 2.05) is 0 Å². The molecule has 1 aliphatic rings. The molecule has 1 aromatic carbocycles. The second kappa shape index (κ2) is 5.83. The van der Waals surface area contributed by atoms with E-state index in [4.69, 9.17) is 0 Å². The number of carbonyl (C=O) groups is 1. The number of hydrogen-bond donors (Lipinski definition) is 2. The zero-order chi connectivity index (χ0) is 14.8. The van der Waals surface area contributed by atoms with Crippen molar-refractivity contribution in [3.8, 4) is 0 Å². The Bertz CT molecular complexity index is 488. The summed E-state index contributed by atoms with van der Waals surface area (Å²) in [5.41, 5.74) is -0.896. The molecular weight excluding hydrogens is 271 g/mol. The number of halogens is 3. The second-order valence-corrected chi connectivity index (χ2v) is 5.01. The highest BCUT2D eigenvalue weighted by molar-refractivity contribution is 5.94. The minimum absolute atomic E-state index is 0.0439. The lowest BCUT2D eigenvalue weighted by Gasteiger charge is -2.28. The van der Waals surface area contributed by atoms with Crippen LogP contribution in [0, 0.1) is 0 Å². The minimum Gasteiger partial charge on any atom is -0.391 e. The first-order valence-electron chi connectivity index (χ1n) is 6.54. The summed E-state index contributed by atoms with van der Waals surface area (Å²) < 4.78 is 37.7. The fraction of sp³-hybridized carbons (Fsp3) is 0.500. The van der Waals surface area contributed by atoms with Crippen LogP contribution in [0.3, 0.4) is 0 Å². The number of nitrogens with one attached hydrogen (secondary N) is 1. The quantitative estimate of drug-likeness (QED) is 0.878. The number of aliphatic hydroxyl groups excluding tert-OH is 1. The molecule has 2 atom stereocenters. The molecule has 0 unspecified atom stereocenters. The van der Waals surface area contributed by atoms with E-state index >= 15 is 0 Å². The Morgan fingerprint density at radius 3 is 2.60 bits per heavy atom. The number of aliphatic hydroxyl groups is 1. The molecule has 0 spiro atoms. The predicted octanol–water partition coefficient (Wildman–Crippen LogP) is 2.74. The monoisotopic (exact) mass is 287 g/mol. The smallest absolute Gasteiger partial charge is 0.391 e. The molecule has 1 amide bonds. The van der Waals surface area contributed by atoms with Crippen LogP contribution in [0.15, 0.2) is 24.3 Å². The Hall–Kier alpha value is -1.56. The molecule has 1 aromatic rings. The van der Waals surface area contributed by atoms with Crippen molar-refractivity contribution in [2.24, 2.45) is 0 Å². The van der Waals surface area contributed by atoms with Gasteiger partial charge in [-0.15, -0.1) is 0 Å². The van der Waals surface area contributed by atoms with Gasteiger partial charge in [0.05, 0.1) is 17.7 Å². The maximum atomic E-state index is 12.6. The topological polar surface area (TPSA) is 49.3 Å². The van der Waals surface area contributed by atoms with Crippen LogP contribution >= 0.6 is 0 Å². The van der Waals surface area contributed by atoms with Gasteiger partial charge in [-0.2, -0.15) is 13.2 Å². The molecule has 0 aliphatic heterocycles. The van der Waals surface area contributed by atoms with E-state index < -0.39 is 23.8 Å². The lowest BCUT2D eigenvalue weighted by Crippen LogP contribution is -2.45. The molecule has 6 heteroatoms. The van der Waals surface area contributed by atoms with Gasteiger partial charge in [-0.3, -0.25) is 4.79 Å². The lowest BCUT2D eigenvalue weighted by atomic mass is 9.92. The first kappa shape index (κ1) is 14.8. The van der Waals surface area contributed by atoms with E-state index in [1.165, 1.54) is 12.1 Å². The summed E-state index contributed by atoms with van der Waals surface area (Å²) in [4.78, 5) is 11.9. The second-order valence-electron chi connectivity index (χ2n) is 5.01.